The molecule has 0 aliphatic carbocycles. The summed E-state index contributed by atoms with van der Waals surface area (Å²) in [4.78, 5) is 14.0. The summed E-state index contributed by atoms with van der Waals surface area (Å²) >= 11 is 0. The summed E-state index contributed by atoms with van der Waals surface area (Å²) in [6.07, 6.45) is 5.83. The summed E-state index contributed by atoms with van der Waals surface area (Å²) in [7, 11) is -3.86. The van der Waals surface area contributed by atoms with Gasteiger partial charge in [0.15, 0.2) is 5.82 Å². The first-order valence-electron chi connectivity index (χ1n) is 5.26. The number of anilines is 1. The molecular weight excluding hydrogens is 286 g/mol. The van der Waals surface area contributed by atoms with E-state index in [-0.39, 0.29) is 10.7 Å². The maximum Gasteiger partial charge on any atom is 0.328 e. The van der Waals surface area contributed by atoms with Crippen LogP contribution in [0, 0.1) is 0 Å². The molecule has 0 radical (unpaired) electrons. The van der Waals surface area contributed by atoms with E-state index in [1.54, 1.807) is 0 Å². The Kier molecular flexibility index (Phi) is 3.80. The molecule has 9 heteroatoms. The van der Waals surface area contributed by atoms with Crippen molar-refractivity contribution in [3.8, 4) is 0 Å². The lowest BCUT2D eigenvalue weighted by Gasteiger charge is -2.04. The molecule has 0 atom stereocenters. The number of hydrogen-bond acceptors (Lipinski definition) is 6. The third kappa shape index (κ3) is 3.42. The summed E-state index contributed by atoms with van der Waals surface area (Å²) in [5.74, 6) is -1.10. The number of rotatable bonds is 5. The highest BCUT2D eigenvalue weighted by molar-refractivity contribution is 7.92. The first-order chi connectivity index (χ1) is 9.47. The smallest absolute Gasteiger partial charge is 0.328 e. The maximum absolute atomic E-state index is 12.0. The largest absolute Gasteiger partial charge is 0.478 e. The zero-order valence-corrected chi connectivity index (χ0v) is 10.7. The van der Waals surface area contributed by atoms with E-state index in [4.69, 9.17) is 5.11 Å². The monoisotopic (exact) mass is 295 g/mol. The van der Waals surface area contributed by atoms with Gasteiger partial charge < -0.3 is 9.63 Å². The van der Waals surface area contributed by atoms with Crippen molar-refractivity contribution >= 4 is 27.9 Å². The van der Waals surface area contributed by atoms with Crippen LogP contribution in [0.25, 0.3) is 6.08 Å². The molecule has 0 saturated carbocycles. The van der Waals surface area contributed by atoms with Crippen molar-refractivity contribution in [2.45, 2.75) is 4.90 Å². The Morgan fingerprint density at radius 2 is 2.20 bits per heavy atom. The third-order valence-electron chi connectivity index (χ3n) is 2.14. The van der Waals surface area contributed by atoms with Gasteiger partial charge in [0, 0.05) is 24.5 Å². The van der Waals surface area contributed by atoms with Crippen molar-refractivity contribution in [1.29, 1.82) is 0 Å². The Morgan fingerprint density at radius 1 is 1.40 bits per heavy atom. The molecule has 0 aromatic carbocycles. The number of nitrogens with zero attached hydrogens (tertiary/aromatic N) is 2. The van der Waals surface area contributed by atoms with Crippen molar-refractivity contribution in [3.63, 3.8) is 0 Å². The second kappa shape index (κ2) is 5.53. The van der Waals surface area contributed by atoms with Crippen molar-refractivity contribution in [2.75, 3.05) is 4.72 Å². The minimum atomic E-state index is -3.86. The lowest BCUT2D eigenvalue weighted by atomic mass is 10.2. The number of hydrogen-bond donors (Lipinski definition) is 2. The van der Waals surface area contributed by atoms with Crippen LogP contribution in [0.15, 0.2) is 46.3 Å². The predicted molar refractivity (Wildman–Crippen MR) is 68.2 cm³/mol. The Morgan fingerprint density at radius 3 is 2.85 bits per heavy atom. The van der Waals surface area contributed by atoms with Crippen LogP contribution in [0.3, 0.4) is 0 Å². The predicted octanol–water partition coefficient (Wildman–Crippen LogP) is 0.968. The summed E-state index contributed by atoms with van der Waals surface area (Å²) in [5.41, 5.74) is 0.343. The average molecular weight is 295 g/mol. The maximum atomic E-state index is 12.0. The Labute approximate surface area is 113 Å². The van der Waals surface area contributed by atoms with E-state index in [1.807, 2.05) is 0 Å². The first kappa shape index (κ1) is 13.7. The molecule has 2 heterocycles. The van der Waals surface area contributed by atoms with Crippen molar-refractivity contribution < 1.29 is 22.8 Å². The highest BCUT2D eigenvalue weighted by Gasteiger charge is 2.16. The van der Waals surface area contributed by atoms with Gasteiger partial charge in [-0.3, -0.25) is 9.71 Å². The van der Waals surface area contributed by atoms with E-state index in [2.05, 4.69) is 19.4 Å². The number of carbonyl (C=O) groups is 1. The fourth-order valence-corrected chi connectivity index (χ4v) is 2.29. The normalized spacial score (nSPS) is 11.6. The van der Waals surface area contributed by atoms with Crippen molar-refractivity contribution in [1.82, 2.24) is 10.1 Å². The number of nitrogens with one attached hydrogen (secondary N) is 1. The summed E-state index contributed by atoms with van der Waals surface area (Å²) in [6, 6.07) is 2.63. The minimum Gasteiger partial charge on any atom is -0.478 e. The van der Waals surface area contributed by atoms with Crippen LogP contribution in [-0.2, 0) is 14.8 Å². The van der Waals surface area contributed by atoms with E-state index in [0.717, 1.165) is 12.3 Å². The molecular formula is C11H9N3O5S. The number of aliphatic carboxylic acids is 1. The van der Waals surface area contributed by atoms with Gasteiger partial charge in [0.25, 0.3) is 10.0 Å². The molecule has 0 amide bonds. The zero-order chi connectivity index (χ0) is 14.6. The molecule has 0 saturated heterocycles. The number of carboxylic acid groups (broad SMARTS) is 1. The van der Waals surface area contributed by atoms with Crippen LogP contribution in [0.2, 0.25) is 0 Å². The summed E-state index contributed by atoms with van der Waals surface area (Å²) in [6.45, 7) is 0. The standard InChI is InChI=1S/C11H9N3O5S/c15-11(16)2-1-8-5-9(7-12-6-8)20(17,18)14-10-3-4-19-13-10/h1-7H,(H,13,14)(H,15,16). The van der Waals surface area contributed by atoms with Gasteiger partial charge in [0.2, 0.25) is 0 Å². The number of aromatic nitrogens is 2. The molecule has 20 heavy (non-hydrogen) atoms. The van der Waals surface area contributed by atoms with Crippen LogP contribution in [0.5, 0.6) is 0 Å². The molecule has 0 bridgehead atoms. The first-order valence-corrected chi connectivity index (χ1v) is 6.75. The highest BCUT2D eigenvalue weighted by Crippen LogP contribution is 2.15. The third-order valence-corrected chi connectivity index (χ3v) is 3.46. The minimum absolute atomic E-state index is 0.0384. The van der Waals surface area contributed by atoms with Crippen LogP contribution in [0.1, 0.15) is 5.56 Å². The SMILES string of the molecule is O=C(O)C=Cc1cncc(S(=O)(=O)Nc2ccon2)c1. The number of pyridine rings is 1. The molecule has 2 aromatic heterocycles. The van der Waals surface area contributed by atoms with E-state index < -0.39 is 16.0 Å². The molecule has 0 aliphatic heterocycles. The van der Waals surface area contributed by atoms with Crippen LogP contribution < -0.4 is 4.72 Å². The van der Waals surface area contributed by atoms with Crippen LogP contribution in [-0.4, -0.2) is 29.6 Å². The molecule has 0 unspecified atom stereocenters. The van der Waals surface area contributed by atoms with E-state index in [1.165, 1.54) is 30.7 Å². The molecule has 0 fully saturated rings. The molecule has 8 nitrogen and oxygen atoms in total. The number of sulfonamides is 1. The fourth-order valence-electron chi connectivity index (χ4n) is 1.30. The van der Waals surface area contributed by atoms with Crippen molar-refractivity contribution in [2.24, 2.45) is 0 Å². The summed E-state index contributed by atoms with van der Waals surface area (Å²) < 4.78 is 30.7. The topological polar surface area (TPSA) is 122 Å². The molecule has 2 N–H and O–H groups in total. The molecule has 2 aromatic rings. The second-order valence-corrected chi connectivity index (χ2v) is 5.30. The zero-order valence-electron chi connectivity index (χ0n) is 9.92. The fraction of sp³-hybridized carbons (Fsp3) is 0. The van der Waals surface area contributed by atoms with Gasteiger partial charge in [-0.1, -0.05) is 5.16 Å². The molecule has 2 rings (SSSR count). The lowest BCUT2D eigenvalue weighted by Crippen LogP contribution is -2.13. The average Bonchev–Trinajstić information content (AvgIpc) is 2.89. The van der Waals surface area contributed by atoms with Crippen molar-refractivity contribution in [3.05, 3.63) is 42.4 Å². The highest BCUT2D eigenvalue weighted by atomic mass is 32.2. The Bertz CT molecular complexity index is 737. The number of carboxylic acids is 1. The Hall–Kier alpha value is -2.68. The quantitative estimate of drug-likeness (QED) is 0.788. The van der Waals surface area contributed by atoms with Gasteiger partial charge in [-0.15, -0.1) is 0 Å². The van der Waals surface area contributed by atoms with Gasteiger partial charge >= 0.3 is 5.97 Å². The van der Waals surface area contributed by atoms with Gasteiger partial charge in [0.1, 0.15) is 11.2 Å². The van der Waals surface area contributed by atoms with Crippen LogP contribution in [0.4, 0.5) is 5.82 Å². The van der Waals surface area contributed by atoms with Gasteiger partial charge in [-0.2, -0.15) is 0 Å². The van der Waals surface area contributed by atoms with Crippen LogP contribution >= 0.6 is 0 Å². The second-order valence-electron chi connectivity index (χ2n) is 3.62. The van der Waals surface area contributed by atoms with Gasteiger partial charge in [-0.05, 0) is 17.7 Å². The molecule has 0 spiro atoms. The van der Waals surface area contributed by atoms with E-state index in [0.29, 0.717) is 5.56 Å². The lowest BCUT2D eigenvalue weighted by molar-refractivity contribution is -0.131. The van der Waals surface area contributed by atoms with Gasteiger partial charge in [-0.25, -0.2) is 13.2 Å². The molecule has 0 aliphatic rings. The molecule has 104 valence electrons. The van der Waals surface area contributed by atoms with E-state index in [9.17, 15) is 13.2 Å². The summed E-state index contributed by atoms with van der Waals surface area (Å²) in [5, 5.41) is 12.0. The van der Waals surface area contributed by atoms with E-state index >= 15 is 0 Å². The Balaban J connectivity index is 2.28. The van der Waals surface area contributed by atoms with Gasteiger partial charge in [0.05, 0.1) is 0 Å².